The maximum atomic E-state index is 5.96. The van der Waals surface area contributed by atoms with Gasteiger partial charge in [0.25, 0.3) is 0 Å². The lowest BCUT2D eigenvalue weighted by Crippen LogP contribution is -2.25. The average molecular weight is 264 g/mol. The van der Waals surface area contributed by atoms with Gasteiger partial charge in [0.1, 0.15) is 18.3 Å². The van der Waals surface area contributed by atoms with Gasteiger partial charge in [0.2, 0.25) is 0 Å². The fourth-order valence-electron chi connectivity index (χ4n) is 2.39. The summed E-state index contributed by atoms with van der Waals surface area (Å²) in [6.07, 6.45) is 3.24. The molecule has 2 aromatic rings. The molecular weight excluding hydrogens is 250 g/mol. The molecule has 0 aliphatic carbocycles. The summed E-state index contributed by atoms with van der Waals surface area (Å²) in [6, 6.07) is 7.79. The highest BCUT2D eigenvalue weighted by Crippen LogP contribution is 2.56. The lowest BCUT2D eigenvalue weighted by atomic mass is 9.88. The molecule has 0 amide bonds. The van der Waals surface area contributed by atoms with Gasteiger partial charge in [0, 0.05) is 5.02 Å². The van der Waals surface area contributed by atoms with Crippen molar-refractivity contribution in [2.24, 2.45) is 0 Å². The molecule has 2 heterocycles. The molecule has 1 atom stereocenters. The SMILES string of the molecule is CC1(C)OC1(Cn1cncn1)c1ccc(Cl)cc1. The molecule has 0 saturated carbocycles. The van der Waals surface area contributed by atoms with Crippen molar-refractivity contribution < 1.29 is 4.74 Å². The van der Waals surface area contributed by atoms with E-state index in [9.17, 15) is 0 Å². The zero-order chi connectivity index (χ0) is 12.8. The van der Waals surface area contributed by atoms with E-state index in [1.165, 1.54) is 6.33 Å². The van der Waals surface area contributed by atoms with Crippen LogP contribution >= 0.6 is 11.6 Å². The highest BCUT2D eigenvalue weighted by Gasteiger charge is 2.65. The van der Waals surface area contributed by atoms with Crippen LogP contribution in [0.5, 0.6) is 0 Å². The molecule has 0 radical (unpaired) electrons. The van der Waals surface area contributed by atoms with Gasteiger partial charge in [-0.2, -0.15) is 5.10 Å². The van der Waals surface area contributed by atoms with Gasteiger partial charge in [0.05, 0.1) is 12.1 Å². The number of halogens is 1. The van der Waals surface area contributed by atoms with E-state index in [0.29, 0.717) is 6.54 Å². The maximum absolute atomic E-state index is 5.96. The first-order valence-electron chi connectivity index (χ1n) is 5.82. The zero-order valence-electron chi connectivity index (χ0n) is 10.3. The Morgan fingerprint density at radius 1 is 1.28 bits per heavy atom. The Kier molecular flexibility index (Phi) is 2.47. The van der Waals surface area contributed by atoms with Crippen molar-refractivity contribution in [2.45, 2.75) is 31.6 Å². The quantitative estimate of drug-likeness (QED) is 0.800. The number of benzene rings is 1. The molecule has 1 aromatic heterocycles. The summed E-state index contributed by atoms with van der Waals surface area (Å²) in [5.74, 6) is 0. The van der Waals surface area contributed by atoms with Crippen molar-refractivity contribution >= 4 is 11.6 Å². The monoisotopic (exact) mass is 263 g/mol. The summed E-state index contributed by atoms with van der Waals surface area (Å²) in [5.41, 5.74) is 0.574. The van der Waals surface area contributed by atoms with Gasteiger partial charge in [-0.05, 0) is 31.5 Å². The largest absolute Gasteiger partial charge is 0.356 e. The van der Waals surface area contributed by atoms with E-state index in [4.69, 9.17) is 16.3 Å². The van der Waals surface area contributed by atoms with Crippen molar-refractivity contribution in [2.75, 3.05) is 0 Å². The number of aromatic nitrogens is 3. The van der Waals surface area contributed by atoms with Crippen LogP contribution in [0.3, 0.4) is 0 Å². The molecule has 18 heavy (non-hydrogen) atoms. The van der Waals surface area contributed by atoms with Crippen LogP contribution in [0.2, 0.25) is 5.02 Å². The number of hydrogen-bond acceptors (Lipinski definition) is 3. The van der Waals surface area contributed by atoms with Crippen LogP contribution < -0.4 is 0 Å². The topological polar surface area (TPSA) is 43.2 Å². The number of rotatable bonds is 3. The van der Waals surface area contributed by atoms with Crippen LogP contribution in [0.1, 0.15) is 19.4 Å². The predicted molar refractivity (Wildman–Crippen MR) is 68.3 cm³/mol. The van der Waals surface area contributed by atoms with E-state index in [-0.39, 0.29) is 11.2 Å². The smallest absolute Gasteiger partial charge is 0.142 e. The Labute approximate surface area is 111 Å². The van der Waals surface area contributed by atoms with Crippen LogP contribution in [0.25, 0.3) is 0 Å². The minimum atomic E-state index is -0.342. The van der Waals surface area contributed by atoms with Crippen molar-refractivity contribution in [3.05, 3.63) is 47.5 Å². The van der Waals surface area contributed by atoms with Crippen LogP contribution in [0.15, 0.2) is 36.9 Å². The van der Waals surface area contributed by atoms with Crippen molar-refractivity contribution in [3.63, 3.8) is 0 Å². The van der Waals surface area contributed by atoms with E-state index >= 15 is 0 Å². The van der Waals surface area contributed by atoms with Gasteiger partial charge in [-0.1, -0.05) is 23.7 Å². The number of hydrogen-bond donors (Lipinski definition) is 0. The molecule has 0 spiro atoms. The molecule has 4 nitrogen and oxygen atoms in total. The number of nitrogens with zero attached hydrogens (tertiary/aromatic N) is 3. The first-order valence-corrected chi connectivity index (χ1v) is 6.20. The van der Waals surface area contributed by atoms with Gasteiger partial charge in [-0.25, -0.2) is 9.67 Å². The minimum absolute atomic E-state index is 0.202. The van der Waals surface area contributed by atoms with Gasteiger partial charge in [-0.3, -0.25) is 0 Å². The second-order valence-electron chi connectivity index (χ2n) is 5.04. The van der Waals surface area contributed by atoms with Crippen LogP contribution in [-0.4, -0.2) is 20.4 Å². The second-order valence-corrected chi connectivity index (χ2v) is 5.48. The predicted octanol–water partition coefficient (Wildman–Crippen LogP) is 2.64. The Morgan fingerprint density at radius 3 is 2.44 bits per heavy atom. The van der Waals surface area contributed by atoms with Crippen LogP contribution in [0, 0.1) is 0 Å². The maximum Gasteiger partial charge on any atom is 0.142 e. The third-order valence-corrected chi connectivity index (χ3v) is 3.77. The fraction of sp³-hybridized carbons (Fsp3) is 0.385. The molecule has 1 aliphatic rings. The van der Waals surface area contributed by atoms with Crippen molar-refractivity contribution in [1.82, 2.24) is 14.8 Å². The minimum Gasteiger partial charge on any atom is -0.356 e. The van der Waals surface area contributed by atoms with Crippen LogP contribution in [0.4, 0.5) is 0 Å². The second kappa shape index (κ2) is 3.80. The summed E-state index contributed by atoms with van der Waals surface area (Å²) in [6.45, 7) is 4.82. The molecule has 0 N–H and O–H groups in total. The highest BCUT2D eigenvalue weighted by molar-refractivity contribution is 6.30. The molecular formula is C13H14ClN3O. The first kappa shape index (κ1) is 11.7. The fourth-order valence-corrected chi connectivity index (χ4v) is 2.52. The molecule has 1 aromatic carbocycles. The van der Waals surface area contributed by atoms with Gasteiger partial charge < -0.3 is 4.74 Å². The van der Waals surface area contributed by atoms with Crippen molar-refractivity contribution in [1.29, 1.82) is 0 Å². The molecule has 0 bridgehead atoms. The molecule has 94 valence electrons. The van der Waals surface area contributed by atoms with E-state index in [0.717, 1.165) is 10.6 Å². The normalized spacial score (nSPS) is 25.1. The molecule has 5 heteroatoms. The first-order chi connectivity index (χ1) is 8.53. The summed E-state index contributed by atoms with van der Waals surface area (Å²) >= 11 is 5.93. The van der Waals surface area contributed by atoms with E-state index in [2.05, 4.69) is 23.9 Å². The number of ether oxygens (including phenoxy) is 1. The van der Waals surface area contributed by atoms with Crippen molar-refractivity contribution in [3.8, 4) is 0 Å². The Hall–Kier alpha value is -1.39. The summed E-state index contributed by atoms with van der Waals surface area (Å²) < 4.78 is 7.75. The Morgan fingerprint density at radius 2 is 1.94 bits per heavy atom. The molecule has 3 rings (SSSR count). The summed E-state index contributed by atoms with van der Waals surface area (Å²) in [7, 11) is 0. The van der Waals surface area contributed by atoms with Gasteiger partial charge in [-0.15, -0.1) is 0 Å². The Balaban J connectivity index is 1.96. The molecule has 1 unspecified atom stereocenters. The third-order valence-electron chi connectivity index (χ3n) is 3.52. The molecule has 1 saturated heterocycles. The Bertz CT molecular complexity index is 550. The highest BCUT2D eigenvalue weighted by atomic mass is 35.5. The average Bonchev–Trinajstić information content (AvgIpc) is 2.70. The lowest BCUT2D eigenvalue weighted by molar-refractivity contribution is 0.251. The van der Waals surface area contributed by atoms with E-state index in [1.807, 2.05) is 24.3 Å². The summed E-state index contributed by atoms with van der Waals surface area (Å²) in [4.78, 5) is 3.96. The molecule has 1 fully saturated rings. The lowest BCUT2D eigenvalue weighted by Gasteiger charge is -2.15. The van der Waals surface area contributed by atoms with E-state index < -0.39 is 0 Å². The van der Waals surface area contributed by atoms with Gasteiger partial charge in [0.15, 0.2) is 0 Å². The standard InChI is InChI=1S/C13H14ClN3O/c1-12(2)13(18-12,7-17-9-15-8-16-17)10-3-5-11(14)6-4-10/h3-6,8-9H,7H2,1-2H3. The van der Waals surface area contributed by atoms with Gasteiger partial charge >= 0.3 is 0 Å². The molecule has 1 aliphatic heterocycles. The number of epoxide rings is 1. The third kappa shape index (κ3) is 1.72. The zero-order valence-corrected chi connectivity index (χ0v) is 11.1. The summed E-state index contributed by atoms with van der Waals surface area (Å²) in [5, 5.41) is 4.88. The van der Waals surface area contributed by atoms with Crippen LogP contribution in [-0.2, 0) is 16.9 Å². The van der Waals surface area contributed by atoms with E-state index in [1.54, 1.807) is 11.0 Å².